The van der Waals surface area contributed by atoms with Crippen molar-refractivity contribution in [2.24, 2.45) is 0 Å². The first kappa shape index (κ1) is 12.9. The molecule has 0 aliphatic heterocycles. The molecule has 0 bridgehead atoms. The molecule has 1 aromatic heterocycles. The van der Waals surface area contributed by atoms with Crippen molar-refractivity contribution in [3.05, 3.63) is 52.4 Å². The van der Waals surface area contributed by atoms with Gasteiger partial charge in [-0.05, 0) is 46.1 Å². The fourth-order valence-corrected chi connectivity index (χ4v) is 2.14. The van der Waals surface area contributed by atoms with Crippen molar-refractivity contribution in [1.82, 2.24) is 0 Å². The summed E-state index contributed by atoms with van der Waals surface area (Å²) in [5, 5.41) is 0. The minimum Gasteiger partial charge on any atom is -0.497 e. The Labute approximate surface area is 114 Å². The maximum absolute atomic E-state index is 11.9. The van der Waals surface area contributed by atoms with Gasteiger partial charge in [-0.2, -0.15) is 0 Å². The Bertz CT molecular complexity index is 528. The molecule has 0 radical (unpaired) electrons. The summed E-state index contributed by atoms with van der Waals surface area (Å²) < 4.78 is 10.6. The number of carbonyl (C=O) groups is 1. The van der Waals surface area contributed by atoms with E-state index < -0.39 is 0 Å². The van der Waals surface area contributed by atoms with Crippen LogP contribution in [0, 0.1) is 0 Å². The van der Waals surface area contributed by atoms with Crippen molar-refractivity contribution < 1.29 is 13.9 Å². The predicted molar refractivity (Wildman–Crippen MR) is 72.1 cm³/mol. The van der Waals surface area contributed by atoms with Crippen molar-refractivity contribution in [3.8, 4) is 5.75 Å². The Morgan fingerprint density at radius 2 is 2.00 bits per heavy atom. The number of carbonyl (C=O) groups excluding carboxylic acids is 1. The summed E-state index contributed by atoms with van der Waals surface area (Å²) in [6, 6.07) is 9.41. The number of hydrogen-bond donors (Lipinski definition) is 0. The number of aryl methyl sites for hydroxylation is 1. The molecule has 94 valence electrons. The fourth-order valence-electron chi connectivity index (χ4n) is 1.68. The topological polar surface area (TPSA) is 39.4 Å². The van der Waals surface area contributed by atoms with Gasteiger partial charge in [0.25, 0.3) is 0 Å². The number of ketones is 1. The number of ether oxygens (including phenoxy) is 1. The lowest BCUT2D eigenvalue weighted by molar-refractivity contribution is 0.0981. The molecule has 0 saturated heterocycles. The third kappa shape index (κ3) is 3.01. The maximum Gasteiger partial charge on any atom is 0.179 e. The van der Waals surface area contributed by atoms with Crippen LogP contribution in [0.1, 0.15) is 22.3 Å². The molecule has 0 amide bonds. The van der Waals surface area contributed by atoms with Crippen LogP contribution in [0.5, 0.6) is 5.75 Å². The first-order valence-electron chi connectivity index (χ1n) is 5.60. The minimum absolute atomic E-state index is 0.0754. The quantitative estimate of drug-likeness (QED) is 0.787. The predicted octanol–water partition coefficient (Wildman–Crippen LogP) is 3.87. The van der Waals surface area contributed by atoms with Crippen molar-refractivity contribution in [2.45, 2.75) is 12.8 Å². The summed E-state index contributed by atoms with van der Waals surface area (Å²) in [5.41, 5.74) is 1.72. The number of furan rings is 1. The van der Waals surface area contributed by atoms with Crippen LogP contribution in [-0.4, -0.2) is 12.9 Å². The molecule has 0 spiro atoms. The van der Waals surface area contributed by atoms with Gasteiger partial charge in [-0.25, -0.2) is 0 Å². The largest absolute Gasteiger partial charge is 0.497 e. The van der Waals surface area contributed by atoms with E-state index in [2.05, 4.69) is 15.9 Å². The van der Waals surface area contributed by atoms with Crippen LogP contribution in [0.4, 0.5) is 0 Å². The lowest BCUT2D eigenvalue weighted by Crippen LogP contribution is -2.00. The van der Waals surface area contributed by atoms with Crippen LogP contribution in [0.15, 0.2) is 45.7 Å². The normalized spacial score (nSPS) is 10.3. The van der Waals surface area contributed by atoms with Gasteiger partial charge in [0.1, 0.15) is 5.75 Å². The molecule has 2 rings (SSSR count). The summed E-state index contributed by atoms with van der Waals surface area (Å²) >= 11 is 3.21. The van der Waals surface area contributed by atoms with Gasteiger partial charge in [0, 0.05) is 6.42 Å². The van der Waals surface area contributed by atoms with Crippen molar-refractivity contribution >= 4 is 21.7 Å². The molecular formula is C14H13BrO3. The van der Waals surface area contributed by atoms with E-state index in [4.69, 9.17) is 9.15 Å². The van der Waals surface area contributed by atoms with E-state index in [-0.39, 0.29) is 5.78 Å². The van der Waals surface area contributed by atoms with Crippen LogP contribution in [0.3, 0.4) is 0 Å². The van der Waals surface area contributed by atoms with E-state index in [9.17, 15) is 4.79 Å². The molecule has 0 aliphatic rings. The summed E-state index contributed by atoms with van der Waals surface area (Å²) in [6.07, 6.45) is 2.68. The molecule has 3 nitrogen and oxygen atoms in total. The van der Waals surface area contributed by atoms with Gasteiger partial charge < -0.3 is 9.15 Å². The molecule has 0 unspecified atom stereocenters. The van der Waals surface area contributed by atoms with E-state index in [1.807, 2.05) is 24.3 Å². The van der Waals surface area contributed by atoms with Gasteiger partial charge in [0.2, 0.25) is 0 Å². The second-order valence-corrected chi connectivity index (χ2v) is 4.60. The highest BCUT2D eigenvalue weighted by atomic mass is 79.9. The molecule has 18 heavy (non-hydrogen) atoms. The monoisotopic (exact) mass is 308 g/mol. The third-order valence-electron chi connectivity index (χ3n) is 2.72. The van der Waals surface area contributed by atoms with Crippen LogP contribution in [-0.2, 0) is 6.42 Å². The standard InChI is InChI=1S/C14H13BrO3/c1-17-11-5-2-10(3-6-11)4-7-13(16)12-8-9-18-14(12)15/h2-3,5-6,8-9H,4,7H2,1H3. The Balaban J connectivity index is 1.95. The number of halogens is 1. The SMILES string of the molecule is COc1ccc(CCC(=O)c2ccoc2Br)cc1. The van der Waals surface area contributed by atoms with E-state index in [1.165, 1.54) is 6.26 Å². The lowest BCUT2D eigenvalue weighted by atomic mass is 10.0. The molecule has 1 heterocycles. The molecular weight excluding hydrogens is 296 g/mol. The number of rotatable bonds is 5. The van der Waals surface area contributed by atoms with Gasteiger partial charge in [0.05, 0.1) is 18.9 Å². The molecule has 0 saturated carbocycles. The van der Waals surface area contributed by atoms with Crippen LogP contribution in [0.25, 0.3) is 0 Å². The molecule has 4 heteroatoms. The van der Waals surface area contributed by atoms with Crippen molar-refractivity contribution in [1.29, 1.82) is 0 Å². The zero-order valence-corrected chi connectivity index (χ0v) is 11.6. The lowest BCUT2D eigenvalue weighted by Gasteiger charge is -2.03. The number of methoxy groups -OCH3 is 1. The average Bonchev–Trinajstić information content (AvgIpc) is 2.83. The molecule has 2 aromatic rings. The fraction of sp³-hybridized carbons (Fsp3) is 0.214. The molecule has 0 fully saturated rings. The molecule has 1 aromatic carbocycles. The highest BCUT2D eigenvalue weighted by Crippen LogP contribution is 2.20. The number of benzene rings is 1. The van der Waals surface area contributed by atoms with Crippen molar-refractivity contribution in [3.63, 3.8) is 0 Å². The van der Waals surface area contributed by atoms with Crippen molar-refractivity contribution in [2.75, 3.05) is 7.11 Å². The first-order valence-corrected chi connectivity index (χ1v) is 6.39. The van der Waals surface area contributed by atoms with E-state index >= 15 is 0 Å². The smallest absolute Gasteiger partial charge is 0.179 e. The highest BCUT2D eigenvalue weighted by molar-refractivity contribution is 9.10. The Morgan fingerprint density at radius 1 is 1.28 bits per heavy atom. The Kier molecular flexibility index (Phi) is 4.20. The molecule has 0 N–H and O–H groups in total. The van der Waals surface area contributed by atoms with Crippen LogP contribution < -0.4 is 4.74 Å². The maximum atomic E-state index is 11.9. The zero-order chi connectivity index (χ0) is 13.0. The summed E-state index contributed by atoms with van der Waals surface area (Å²) in [5.74, 6) is 0.897. The Hall–Kier alpha value is -1.55. The number of hydrogen-bond acceptors (Lipinski definition) is 3. The van der Waals surface area contributed by atoms with Crippen LogP contribution in [0.2, 0.25) is 0 Å². The minimum atomic E-state index is 0.0754. The Morgan fingerprint density at radius 3 is 2.56 bits per heavy atom. The second kappa shape index (κ2) is 5.87. The second-order valence-electron chi connectivity index (χ2n) is 3.88. The number of Topliss-reactive ketones (excluding diaryl/α,β-unsaturated/α-hetero) is 1. The van der Waals surface area contributed by atoms with Gasteiger partial charge >= 0.3 is 0 Å². The average molecular weight is 309 g/mol. The van der Waals surface area contributed by atoms with Gasteiger partial charge in [-0.1, -0.05) is 12.1 Å². The van der Waals surface area contributed by atoms with Gasteiger partial charge in [-0.3, -0.25) is 4.79 Å². The third-order valence-corrected chi connectivity index (χ3v) is 3.33. The molecule has 0 aliphatic carbocycles. The van der Waals surface area contributed by atoms with E-state index in [0.717, 1.165) is 11.3 Å². The highest BCUT2D eigenvalue weighted by Gasteiger charge is 2.12. The summed E-state index contributed by atoms with van der Waals surface area (Å²) in [7, 11) is 1.63. The van der Waals surface area contributed by atoms with E-state index in [1.54, 1.807) is 13.2 Å². The van der Waals surface area contributed by atoms with Crippen LogP contribution >= 0.6 is 15.9 Å². The van der Waals surface area contributed by atoms with Gasteiger partial charge in [0.15, 0.2) is 10.5 Å². The summed E-state index contributed by atoms with van der Waals surface area (Å²) in [6.45, 7) is 0. The van der Waals surface area contributed by atoms with E-state index in [0.29, 0.717) is 23.1 Å². The molecule has 0 atom stereocenters. The van der Waals surface area contributed by atoms with Gasteiger partial charge in [-0.15, -0.1) is 0 Å². The zero-order valence-electron chi connectivity index (χ0n) is 9.98. The summed E-state index contributed by atoms with van der Waals surface area (Å²) in [4.78, 5) is 11.9. The first-order chi connectivity index (χ1) is 8.70.